The van der Waals surface area contributed by atoms with E-state index in [0.717, 1.165) is 35.2 Å². The summed E-state index contributed by atoms with van der Waals surface area (Å²) in [6.45, 7) is 5.39. The molecule has 3 nitrogen and oxygen atoms in total. The molecule has 0 unspecified atom stereocenters. The van der Waals surface area contributed by atoms with E-state index in [9.17, 15) is 0 Å². The summed E-state index contributed by atoms with van der Waals surface area (Å²) in [4.78, 5) is 4.69. The monoisotopic (exact) mass is 309 g/mol. The van der Waals surface area contributed by atoms with Crippen LogP contribution in [0.4, 0.5) is 0 Å². The van der Waals surface area contributed by atoms with Gasteiger partial charge in [0.15, 0.2) is 0 Å². The molecule has 2 aromatic rings. The zero-order chi connectivity index (χ0) is 13.1. The molecule has 4 heteroatoms. The van der Waals surface area contributed by atoms with Crippen LogP contribution in [0.25, 0.3) is 11.0 Å². The Morgan fingerprint density at radius 1 is 1.39 bits per heavy atom. The second-order valence-corrected chi connectivity index (χ2v) is 5.85. The second kappa shape index (κ2) is 5.85. The Morgan fingerprint density at radius 2 is 2.17 bits per heavy atom. The van der Waals surface area contributed by atoms with Gasteiger partial charge in [0.05, 0.1) is 11.0 Å². The lowest BCUT2D eigenvalue weighted by atomic mass is 10.3. The number of hydrogen-bond acceptors (Lipinski definition) is 2. The lowest BCUT2D eigenvalue weighted by Crippen LogP contribution is -2.24. The maximum atomic E-state index is 4.69. The van der Waals surface area contributed by atoms with Gasteiger partial charge in [0.1, 0.15) is 5.82 Å². The summed E-state index contributed by atoms with van der Waals surface area (Å²) in [5.74, 6) is 1.16. The van der Waals surface area contributed by atoms with Crippen molar-refractivity contribution in [2.24, 2.45) is 7.05 Å². The van der Waals surface area contributed by atoms with Crippen LogP contribution in [0, 0.1) is 0 Å². The van der Waals surface area contributed by atoms with E-state index in [4.69, 9.17) is 4.98 Å². The molecule has 0 bridgehead atoms. The average molecular weight is 310 g/mol. The van der Waals surface area contributed by atoms with Gasteiger partial charge < -0.3 is 9.88 Å². The summed E-state index contributed by atoms with van der Waals surface area (Å²) in [7, 11) is 2.09. The van der Waals surface area contributed by atoms with Crippen molar-refractivity contribution >= 4 is 27.0 Å². The first kappa shape index (κ1) is 13.6. The van der Waals surface area contributed by atoms with Crippen LogP contribution < -0.4 is 5.32 Å². The molecule has 0 aliphatic carbocycles. The average Bonchev–Trinajstić information content (AvgIpc) is 2.61. The Bertz CT molecular complexity index is 531. The van der Waals surface area contributed by atoms with E-state index in [1.807, 2.05) is 0 Å². The molecule has 0 atom stereocenters. The summed E-state index contributed by atoms with van der Waals surface area (Å²) >= 11 is 3.49. The highest BCUT2D eigenvalue weighted by molar-refractivity contribution is 9.10. The Kier molecular flexibility index (Phi) is 4.40. The zero-order valence-corrected chi connectivity index (χ0v) is 12.8. The Morgan fingerprint density at radius 3 is 2.89 bits per heavy atom. The first-order valence-corrected chi connectivity index (χ1v) is 7.21. The maximum Gasteiger partial charge on any atom is 0.109 e. The highest BCUT2D eigenvalue weighted by atomic mass is 79.9. The highest BCUT2D eigenvalue weighted by Gasteiger charge is 2.07. The lowest BCUT2D eigenvalue weighted by molar-refractivity contribution is 0.563. The molecule has 1 aromatic carbocycles. The molecule has 2 rings (SSSR count). The fraction of sp³-hybridized carbons (Fsp3) is 0.500. The van der Waals surface area contributed by atoms with Crippen molar-refractivity contribution < 1.29 is 0 Å². The van der Waals surface area contributed by atoms with E-state index >= 15 is 0 Å². The van der Waals surface area contributed by atoms with Crippen LogP contribution in [-0.2, 0) is 13.5 Å². The second-order valence-electron chi connectivity index (χ2n) is 4.93. The van der Waals surface area contributed by atoms with E-state index in [1.165, 1.54) is 5.52 Å². The summed E-state index contributed by atoms with van der Waals surface area (Å²) < 4.78 is 3.28. The van der Waals surface area contributed by atoms with Crippen LogP contribution in [0.5, 0.6) is 0 Å². The number of imidazole rings is 1. The Labute approximate surface area is 117 Å². The molecule has 0 radical (unpaired) electrons. The molecule has 0 spiro atoms. The minimum absolute atomic E-state index is 0.557. The van der Waals surface area contributed by atoms with Crippen molar-refractivity contribution in [3.63, 3.8) is 0 Å². The van der Waals surface area contributed by atoms with Gasteiger partial charge in [0.25, 0.3) is 0 Å². The minimum Gasteiger partial charge on any atom is -0.331 e. The molecule has 0 aliphatic heterocycles. The summed E-state index contributed by atoms with van der Waals surface area (Å²) in [6.07, 6.45) is 2.14. The quantitative estimate of drug-likeness (QED) is 0.859. The van der Waals surface area contributed by atoms with Gasteiger partial charge in [-0.2, -0.15) is 0 Å². The maximum absolute atomic E-state index is 4.69. The number of benzene rings is 1. The van der Waals surface area contributed by atoms with Crippen molar-refractivity contribution in [1.29, 1.82) is 0 Å². The van der Waals surface area contributed by atoms with E-state index in [2.05, 4.69) is 64.9 Å². The number of nitrogens with zero attached hydrogens (tertiary/aromatic N) is 2. The topological polar surface area (TPSA) is 29.9 Å². The van der Waals surface area contributed by atoms with E-state index < -0.39 is 0 Å². The molecule has 0 fully saturated rings. The summed E-state index contributed by atoms with van der Waals surface area (Å²) in [5.41, 5.74) is 2.27. The first-order valence-electron chi connectivity index (χ1n) is 6.42. The molecule has 1 heterocycles. The number of rotatable bonds is 5. The molecule has 0 saturated carbocycles. The molecule has 0 aliphatic rings. The van der Waals surface area contributed by atoms with Gasteiger partial charge in [-0.3, -0.25) is 0 Å². The number of hydrogen-bond donors (Lipinski definition) is 1. The Hall–Kier alpha value is -0.870. The van der Waals surface area contributed by atoms with E-state index in [1.54, 1.807) is 0 Å². The van der Waals surface area contributed by atoms with Crippen LogP contribution in [0.15, 0.2) is 22.7 Å². The van der Waals surface area contributed by atoms with Crippen molar-refractivity contribution in [1.82, 2.24) is 14.9 Å². The number of nitrogens with one attached hydrogen (secondary N) is 1. The number of fused-ring (bicyclic) bond motifs is 1. The van der Waals surface area contributed by atoms with Crippen LogP contribution in [-0.4, -0.2) is 22.1 Å². The third-order valence-corrected chi connectivity index (χ3v) is 3.56. The SMILES string of the molecule is CC(C)NCCCc1nc2cc(Br)ccc2n1C. The summed E-state index contributed by atoms with van der Waals surface area (Å²) in [6, 6.07) is 6.81. The van der Waals surface area contributed by atoms with Crippen LogP contribution >= 0.6 is 15.9 Å². The molecular formula is C14H20BrN3. The lowest BCUT2D eigenvalue weighted by Gasteiger charge is -2.07. The predicted octanol–water partition coefficient (Wildman–Crippen LogP) is 3.27. The van der Waals surface area contributed by atoms with Crippen LogP contribution in [0.1, 0.15) is 26.1 Å². The van der Waals surface area contributed by atoms with Gasteiger partial charge in [-0.15, -0.1) is 0 Å². The fourth-order valence-electron chi connectivity index (χ4n) is 2.08. The molecular weight excluding hydrogens is 290 g/mol. The van der Waals surface area contributed by atoms with Gasteiger partial charge >= 0.3 is 0 Å². The van der Waals surface area contributed by atoms with Gasteiger partial charge in [-0.25, -0.2) is 4.98 Å². The number of halogens is 1. The standard InChI is InChI=1S/C14H20BrN3/c1-10(2)16-8-4-5-14-17-12-9-11(15)6-7-13(12)18(14)3/h6-7,9-10,16H,4-5,8H2,1-3H3. The molecule has 98 valence electrons. The van der Waals surface area contributed by atoms with Gasteiger partial charge in [0.2, 0.25) is 0 Å². The Balaban J connectivity index is 2.07. The molecule has 1 aromatic heterocycles. The first-order chi connectivity index (χ1) is 8.58. The van der Waals surface area contributed by atoms with Gasteiger partial charge in [-0.1, -0.05) is 29.8 Å². The molecule has 18 heavy (non-hydrogen) atoms. The fourth-order valence-corrected chi connectivity index (χ4v) is 2.43. The van der Waals surface area contributed by atoms with E-state index in [-0.39, 0.29) is 0 Å². The molecule has 0 amide bonds. The zero-order valence-electron chi connectivity index (χ0n) is 11.2. The largest absolute Gasteiger partial charge is 0.331 e. The van der Waals surface area contributed by atoms with Crippen LogP contribution in [0.2, 0.25) is 0 Å². The highest BCUT2D eigenvalue weighted by Crippen LogP contribution is 2.20. The van der Waals surface area contributed by atoms with Crippen molar-refractivity contribution in [3.8, 4) is 0 Å². The minimum atomic E-state index is 0.557. The molecule has 1 N–H and O–H groups in total. The summed E-state index contributed by atoms with van der Waals surface area (Å²) in [5, 5.41) is 3.43. The number of aromatic nitrogens is 2. The van der Waals surface area contributed by atoms with Crippen molar-refractivity contribution in [2.75, 3.05) is 6.54 Å². The van der Waals surface area contributed by atoms with E-state index in [0.29, 0.717) is 6.04 Å². The third-order valence-electron chi connectivity index (χ3n) is 3.07. The predicted molar refractivity (Wildman–Crippen MR) is 79.9 cm³/mol. The normalized spacial score (nSPS) is 11.6. The van der Waals surface area contributed by atoms with Gasteiger partial charge in [0, 0.05) is 24.0 Å². The third kappa shape index (κ3) is 3.12. The smallest absolute Gasteiger partial charge is 0.109 e. The van der Waals surface area contributed by atoms with Crippen molar-refractivity contribution in [3.05, 3.63) is 28.5 Å². The number of aryl methyl sites for hydroxylation is 2. The van der Waals surface area contributed by atoms with Crippen molar-refractivity contribution in [2.45, 2.75) is 32.7 Å². The van der Waals surface area contributed by atoms with Crippen LogP contribution in [0.3, 0.4) is 0 Å². The molecule has 0 saturated heterocycles. The van der Waals surface area contributed by atoms with Gasteiger partial charge in [-0.05, 0) is 31.2 Å².